The molecule has 0 aliphatic heterocycles. The molecule has 0 aliphatic rings. The molecule has 0 saturated carbocycles. The standard InChI is InChI=1S/C13H13BrN2O4S/c1-8-2-3-11(20-8)7-16-13(17)9-4-10(14)6-12(5-9)21(15,18)19/h2-6H,7H2,1H3,(H,16,17)(H2,15,18,19). The molecule has 1 amide bonds. The molecule has 6 nitrogen and oxygen atoms in total. The van der Waals surface area contributed by atoms with Crippen molar-refractivity contribution in [2.24, 2.45) is 5.14 Å². The number of nitrogens with two attached hydrogens (primary N) is 1. The molecule has 0 saturated heterocycles. The molecule has 8 heteroatoms. The molecule has 2 aromatic rings. The Balaban J connectivity index is 2.17. The molecule has 0 aliphatic carbocycles. The van der Waals surface area contributed by atoms with Crippen LogP contribution in [0.25, 0.3) is 0 Å². The summed E-state index contributed by atoms with van der Waals surface area (Å²) >= 11 is 3.15. The van der Waals surface area contributed by atoms with Crippen molar-refractivity contribution in [3.05, 3.63) is 51.9 Å². The smallest absolute Gasteiger partial charge is 0.251 e. The van der Waals surface area contributed by atoms with E-state index in [9.17, 15) is 13.2 Å². The quantitative estimate of drug-likeness (QED) is 0.855. The molecule has 0 fully saturated rings. The average Bonchev–Trinajstić information content (AvgIpc) is 2.80. The zero-order valence-corrected chi connectivity index (χ0v) is 13.5. The van der Waals surface area contributed by atoms with E-state index in [-0.39, 0.29) is 17.0 Å². The number of hydrogen-bond donors (Lipinski definition) is 2. The first-order valence-corrected chi connectivity index (χ1v) is 8.26. The Morgan fingerprint density at radius 2 is 2.05 bits per heavy atom. The van der Waals surface area contributed by atoms with Gasteiger partial charge in [0.2, 0.25) is 10.0 Å². The predicted octanol–water partition coefficient (Wildman–Crippen LogP) is 1.93. The molecule has 0 unspecified atom stereocenters. The van der Waals surface area contributed by atoms with Gasteiger partial charge in [-0.25, -0.2) is 13.6 Å². The Morgan fingerprint density at radius 3 is 2.62 bits per heavy atom. The van der Waals surface area contributed by atoms with Gasteiger partial charge >= 0.3 is 0 Å². The maximum atomic E-state index is 12.0. The van der Waals surface area contributed by atoms with Crippen LogP contribution in [0.1, 0.15) is 21.9 Å². The highest BCUT2D eigenvalue weighted by molar-refractivity contribution is 9.10. The second-order valence-electron chi connectivity index (χ2n) is 4.42. The van der Waals surface area contributed by atoms with Crippen molar-refractivity contribution in [3.63, 3.8) is 0 Å². The van der Waals surface area contributed by atoms with Gasteiger partial charge in [0.15, 0.2) is 0 Å². The molecule has 1 heterocycles. The topological polar surface area (TPSA) is 102 Å². The van der Waals surface area contributed by atoms with Crippen molar-refractivity contribution >= 4 is 31.9 Å². The lowest BCUT2D eigenvalue weighted by Crippen LogP contribution is -2.23. The van der Waals surface area contributed by atoms with Gasteiger partial charge < -0.3 is 9.73 Å². The van der Waals surface area contributed by atoms with Gasteiger partial charge in [0.1, 0.15) is 11.5 Å². The van der Waals surface area contributed by atoms with Gasteiger partial charge in [-0.1, -0.05) is 15.9 Å². The van der Waals surface area contributed by atoms with Crippen LogP contribution < -0.4 is 10.5 Å². The minimum absolute atomic E-state index is 0.129. The summed E-state index contributed by atoms with van der Waals surface area (Å²) in [6.45, 7) is 2.02. The first-order chi connectivity index (χ1) is 9.75. The van der Waals surface area contributed by atoms with E-state index in [1.54, 1.807) is 19.1 Å². The van der Waals surface area contributed by atoms with Crippen LogP contribution in [0.3, 0.4) is 0 Å². The predicted molar refractivity (Wildman–Crippen MR) is 80.1 cm³/mol. The fourth-order valence-electron chi connectivity index (χ4n) is 1.71. The van der Waals surface area contributed by atoms with Crippen LogP contribution in [0.4, 0.5) is 0 Å². The van der Waals surface area contributed by atoms with Crippen LogP contribution in [0.15, 0.2) is 44.1 Å². The molecule has 0 radical (unpaired) electrons. The van der Waals surface area contributed by atoms with E-state index in [1.165, 1.54) is 18.2 Å². The van der Waals surface area contributed by atoms with Crippen LogP contribution in [-0.4, -0.2) is 14.3 Å². The van der Waals surface area contributed by atoms with E-state index < -0.39 is 15.9 Å². The Bertz CT molecular complexity index is 783. The summed E-state index contributed by atoms with van der Waals surface area (Å²) in [5.41, 5.74) is 0.191. The number of carbonyl (C=O) groups excluding carboxylic acids is 1. The summed E-state index contributed by atoms with van der Waals surface area (Å²) in [6.07, 6.45) is 0. The Morgan fingerprint density at radius 1 is 1.33 bits per heavy atom. The number of carbonyl (C=O) groups is 1. The highest BCUT2D eigenvalue weighted by atomic mass is 79.9. The molecular weight excluding hydrogens is 360 g/mol. The number of nitrogens with one attached hydrogen (secondary N) is 1. The van der Waals surface area contributed by atoms with Gasteiger partial charge in [-0.2, -0.15) is 0 Å². The monoisotopic (exact) mass is 372 g/mol. The second kappa shape index (κ2) is 6.00. The summed E-state index contributed by atoms with van der Waals surface area (Å²) in [7, 11) is -3.87. The normalized spacial score (nSPS) is 11.4. The van der Waals surface area contributed by atoms with E-state index >= 15 is 0 Å². The highest BCUT2D eigenvalue weighted by Gasteiger charge is 2.14. The summed E-state index contributed by atoms with van der Waals surface area (Å²) in [4.78, 5) is 11.9. The van der Waals surface area contributed by atoms with Crippen LogP contribution in [-0.2, 0) is 16.6 Å². The number of benzene rings is 1. The molecule has 21 heavy (non-hydrogen) atoms. The lowest BCUT2D eigenvalue weighted by Gasteiger charge is -2.06. The molecular formula is C13H13BrN2O4S. The third-order valence-corrected chi connectivity index (χ3v) is 4.03. The number of furan rings is 1. The van der Waals surface area contributed by atoms with Crippen LogP contribution in [0.5, 0.6) is 0 Å². The van der Waals surface area contributed by atoms with Gasteiger partial charge in [0.05, 0.1) is 11.4 Å². The zero-order valence-electron chi connectivity index (χ0n) is 11.1. The lowest BCUT2D eigenvalue weighted by atomic mass is 10.2. The molecule has 112 valence electrons. The maximum Gasteiger partial charge on any atom is 0.251 e. The first-order valence-electron chi connectivity index (χ1n) is 5.92. The molecule has 3 N–H and O–H groups in total. The van der Waals surface area contributed by atoms with E-state index in [2.05, 4.69) is 21.2 Å². The number of sulfonamides is 1. The average molecular weight is 373 g/mol. The number of amides is 1. The molecule has 0 bridgehead atoms. The summed E-state index contributed by atoms with van der Waals surface area (Å²) in [6, 6.07) is 7.62. The van der Waals surface area contributed by atoms with Gasteiger partial charge in [0, 0.05) is 10.0 Å². The molecule has 2 rings (SSSR count). The van der Waals surface area contributed by atoms with Crippen molar-refractivity contribution in [2.75, 3.05) is 0 Å². The van der Waals surface area contributed by atoms with Crippen LogP contribution in [0, 0.1) is 6.92 Å². The number of halogens is 1. The third kappa shape index (κ3) is 4.16. The van der Waals surface area contributed by atoms with E-state index in [0.29, 0.717) is 10.2 Å². The van der Waals surface area contributed by atoms with Crippen molar-refractivity contribution in [1.82, 2.24) is 5.32 Å². The fourth-order valence-corrected chi connectivity index (χ4v) is 2.93. The van der Waals surface area contributed by atoms with E-state index in [1.807, 2.05) is 0 Å². The molecule has 0 atom stereocenters. The van der Waals surface area contributed by atoms with Crippen LogP contribution in [0.2, 0.25) is 0 Å². The molecule has 0 spiro atoms. The summed E-state index contributed by atoms with van der Waals surface area (Å²) in [5.74, 6) is 0.941. The number of aryl methyl sites for hydroxylation is 1. The van der Waals surface area contributed by atoms with Gasteiger partial charge in [-0.05, 0) is 37.3 Å². The summed E-state index contributed by atoms with van der Waals surface area (Å²) in [5, 5.41) is 7.71. The van der Waals surface area contributed by atoms with Crippen LogP contribution >= 0.6 is 15.9 Å². The van der Waals surface area contributed by atoms with Gasteiger partial charge in [0.25, 0.3) is 5.91 Å². The minimum Gasteiger partial charge on any atom is -0.465 e. The maximum absolute atomic E-state index is 12.0. The molecule has 1 aromatic heterocycles. The first kappa shape index (κ1) is 15.7. The second-order valence-corrected chi connectivity index (χ2v) is 6.89. The van der Waals surface area contributed by atoms with E-state index in [4.69, 9.17) is 9.56 Å². The Kier molecular flexibility index (Phi) is 4.50. The van der Waals surface area contributed by atoms with Gasteiger partial charge in [-0.15, -0.1) is 0 Å². The number of rotatable bonds is 4. The fraction of sp³-hybridized carbons (Fsp3) is 0.154. The van der Waals surface area contributed by atoms with Crippen molar-refractivity contribution in [1.29, 1.82) is 0 Å². The van der Waals surface area contributed by atoms with Crippen molar-refractivity contribution < 1.29 is 17.6 Å². The number of hydrogen-bond acceptors (Lipinski definition) is 4. The zero-order chi connectivity index (χ0) is 15.6. The lowest BCUT2D eigenvalue weighted by molar-refractivity contribution is 0.0947. The Hall–Kier alpha value is -1.64. The van der Waals surface area contributed by atoms with Gasteiger partial charge in [-0.3, -0.25) is 4.79 Å². The van der Waals surface area contributed by atoms with Crippen molar-refractivity contribution in [3.8, 4) is 0 Å². The number of primary sulfonamides is 1. The largest absolute Gasteiger partial charge is 0.465 e. The van der Waals surface area contributed by atoms with E-state index in [0.717, 1.165) is 5.76 Å². The highest BCUT2D eigenvalue weighted by Crippen LogP contribution is 2.19. The van der Waals surface area contributed by atoms with Crippen molar-refractivity contribution in [2.45, 2.75) is 18.4 Å². The third-order valence-electron chi connectivity index (χ3n) is 2.68. The summed E-state index contributed by atoms with van der Waals surface area (Å²) < 4.78 is 28.5. The minimum atomic E-state index is -3.87. The molecule has 1 aromatic carbocycles. The Labute approximate surface area is 130 Å². The SMILES string of the molecule is Cc1ccc(CNC(=O)c2cc(Br)cc(S(N)(=O)=O)c2)o1.